The van der Waals surface area contributed by atoms with Gasteiger partial charge in [-0.05, 0) is 18.2 Å². The SMILES string of the molecule is Clc1ccc(-c2cc(-c3ccccc3)ncn2)cc1. The van der Waals surface area contributed by atoms with Crippen LogP contribution in [0.2, 0.25) is 5.02 Å². The fourth-order valence-corrected chi connectivity index (χ4v) is 2.03. The van der Waals surface area contributed by atoms with Crippen molar-refractivity contribution in [3.8, 4) is 22.5 Å². The van der Waals surface area contributed by atoms with Crippen LogP contribution in [-0.2, 0) is 0 Å². The van der Waals surface area contributed by atoms with Crippen LogP contribution in [0, 0.1) is 0 Å². The average molecular weight is 267 g/mol. The molecular weight excluding hydrogens is 256 g/mol. The first-order valence-corrected chi connectivity index (χ1v) is 6.34. The van der Waals surface area contributed by atoms with E-state index in [1.54, 1.807) is 6.33 Å². The van der Waals surface area contributed by atoms with Crippen molar-refractivity contribution in [2.24, 2.45) is 0 Å². The lowest BCUT2D eigenvalue weighted by Gasteiger charge is -2.04. The van der Waals surface area contributed by atoms with Gasteiger partial charge in [0.05, 0.1) is 11.4 Å². The molecule has 3 heteroatoms. The Kier molecular flexibility index (Phi) is 3.25. The first kappa shape index (κ1) is 11.9. The smallest absolute Gasteiger partial charge is 0.116 e. The molecule has 1 aromatic heterocycles. The van der Waals surface area contributed by atoms with Crippen LogP contribution in [0.5, 0.6) is 0 Å². The van der Waals surface area contributed by atoms with E-state index in [1.807, 2.05) is 60.7 Å². The summed E-state index contributed by atoms with van der Waals surface area (Å²) in [4.78, 5) is 8.63. The fraction of sp³-hybridized carbons (Fsp3) is 0. The van der Waals surface area contributed by atoms with Gasteiger partial charge in [0.25, 0.3) is 0 Å². The van der Waals surface area contributed by atoms with Crippen LogP contribution in [0.25, 0.3) is 22.5 Å². The van der Waals surface area contributed by atoms with E-state index in [1.165, 1.54) is 0 Å². The second-order valence-corrected chi connectivity index (χ2v) is 4.60. The monoisotopic (exact) mass is 266 g/mol. The van der Waals surface area contributed by atoms with Crippen LogP contribution in [-0.4, -0.2) is 9.97 Å². The molecule has 3 rings (SSSR count). The molecule has 0 aliphatic carbocycles. The van der Waals surface area contributed by atoms with Gasteiger partial charge in [-0.1, -0.05) is 54.1 Å². The number of hydrogen-bond donors (Lipinski definition) is 0. The second kappa shape index (κ2) is 5.21. The molecule has 0 unspecified atom stereocenters. The molecule has 0 aliphatic rings. The van der Waals surface area contributed by atoms with Crippen molar-refractivity contribution in [2.45, 2.75) is 0 Å². The number of aromatic nitrogens is 2. The summed E-state index contributed by atoms with van der Waals surface area (Å²) in [6, 6.07) is 19.7. The highest BCUT2D eigenvalue weighted by molar-refractivity contribution is 6.30. The molecule has 19 heavy (non-hydrogen) atoms. The summed E-state index contributed by atoms with van der Waals surface area (Å²) in [5.41, 5.74) is 3.93. The Morgan fingerprint density at radius 3 is 1.89 bits per heavy atom. The van der Waals surface area contributed by atoms with Crippen molar-refractivity contribution < 1.29 is 0 Å². The summed E-state index contributed by atoms with van der Waals surface area (Å²) in [5, 5.41) is 0.723. The third-order valence-electron chi connectivity index (χ3n) is 2.88. The molecule has 0 radical (unpaired) electrons. The van der Waals surface area contributed by atoms with E-state index in [0.29, 0.717) is 0 Å². The summed E-state index contributed by atoms with van der Waals surface area (Å²) in [6.45, 7) is 0. The van der Waals surface area contributed by atoms with E-state index in [0.717, 1.165) is 27.5 Å². The average Bonchev–Trinajstić information content (AvgIpc) is 2.49. The van der Waals surface area contributed by atoms with Crippen LogP contribution in [0.15, 0.2) is 67.0 Å². The molecular formula is C16H11ClN2. The van der Waals surface area contributed by atoms with Gasteiger partial charge in [0.1, 0.15) is 6.33 Å². The van der Waals surface area contributed by atoms with Crippen LogP contribution >= 0.6 is 11.6 Å². The molecule has 2 aromatic carbocycles. The molecule has 3 aromatic rings. The van der Waals surface area contributed by atoms with Crippen molar-refractivity contribution in [3.05, 3.63) is 72.0 Å². The maximum atomic E-state index is 5.89. The molecule has 92 valence electrons. The fourth-order valence-electron chi connectivity index (χ4n) is 1.90. The zero-order chi connectivity index (χ0) is 13.1. The van der Waals surface area contributed by atoms with Crippen LogP contribution in [0.1, 0.15) is 0 Å². The molecule has 0 saturated carbocycles. The summed E-state index contributed by atoms with van der Waals surface area (Å²) >= 11 is 5.89. The van der Waals surface area contributed by atoms with E-state index < -0.39 is 0 Å². The molecule has 0 spiro atoms. The molecule has 0 N–H and O–H groups in total. The van der Waals surface area contributed by atoms with Gasteiger partial charge in [-0.3, -0.25) is 0 Å². The van der Waals surface area contributed by atoms with Gasteiger partial charge in [0.15, 0.2) is 0 Å². The quantitative estimate of drug-likeness (QED) is 0.684. The Balaban J connectivity index is 2.03. The zero-order valence-corrected chi connectivity index (χ0v) is 10.9. The maximum absolute atomic E-state index is 5.89. The van der Waals surface area contributed by atoms with E-state index in [4.69, 9.17) is 11.6 Å². The molecule has 2 nitrogen and oxygen atoms in total. The molecule has 0 atom stereocenters. The second-order valence-electron chi connectivity index (χ2n) is 4.16. The molecule has 0 fully saturated rings. The Bertz CT molecular complexity index is 679. The van der Waals surface area contributed by atoms with Crippen molar-refractivity contribution in [1.29, 1.82) is 0 Å². The van der Waals surface area contributed by atoms with Crippen molar-refractivity contribution in [1.82, 2.24) is 9.97 Å². The summed E-state index contributed by atoms with van der Waals surface area (Å²) in [6.07, 6.45) is 1.59. The van der Waals surface area contributed by atoms with Gasteiger partial charge < -0.3 is 0 Å². The van der Waals surface area contributed by atoms with Gasteiger partial charge in [-0.15, -0.1) is 0 Å². The Hall–Kier alpha value is -2.19. The largest absolute Gasteiger partial charge is 0.236 e. The van der Waals surface area contributed by atoms with Crippen LogP contribution in [0.4, 0.5) is 0 Å². The normalized spacial score (nSPS) is 10.4. The Morgan fingerprint density at radius 1 is 0.684 bits per heavy atom. The lowest BCUT2D eigenvalue weighted by Crippen LogP contribution is -1.88. The molecule has 0 saturated heterocycles. The van der Waals surface area contributed by atoms with Crippen molar-refractivity contribution in [2.75, 3.05) is 0 Å². The lowest BCUT2D eigenvalue weighted by molar-refractivity contribution is 1.18. The molecule has 1 heterocycles. The number of hydrogen-bond acceptors (Lipinski definition) is 2. The number of nitrogens with zero attached hydrogens (tertiary/aromatic N) is 2. The van der Waals surface area contributed by atoms with E-state index in [2.05, 4.69) is 9.97 Å². The van der Waals surface area contributed by atoms with Crippen LogP contribution < -0.4 is 0 Å². The van der Waals surface area contributed by atoms with E-state index in [-0.39, 0.29) is 0 Å². The predicted molar refractivity (Wildman–Crippen MR) is 77.9 cm³/mol. The highest BCUT2D eigenvalue weighted by Gasteiger charge is 2.03. The minimum Gasteiger partial charge on any atom is -0.236 e. The van der Waals surface area contributed by atoms with Crippen molar-refractivity contribution in [3.63, 3.8) is 0 Å². The lowest BCUT2D eigenvalue weighted by atomic mass is 10.1. The van der Waals surface area contributed by atoms with Gasteiger partial charge >= 0.3 is 0 Å². The summed E-state index contributed by atoms with van der Waals surface area (Å²) < 4.78 is 0. The number of rotatable bonds is 2. The molecule has 0 aliphatic heterocycles. The van der Waals surface area contributed by atoms with E-state index >= 15 is 0 Å². The highest BCUT2D eigenvalue weighted by atomic mass is 35.5. The first-order chi connectivity index (χ1) is 9.33. The predicted octanol–water partition coefficient (Wildman–Crippen LogP) is 4.46. The first-order valence-electron chi connectivity index (χ1n) is 5.96. The minimum absolute atomic E-state index is 0.723. The molecule has 0 amide bonds. The zero-order valence-electron chi connectivity index (χ0n) is 10.1. The van der Waals surface area contributed by atoms with Crippen molar-refractivity contribution >= 4 is 11.6 Å². The standard InChI is InChI=1S/C16H11ClN2/c17-14-8-6-13(7-9-14)16-10-15(18-11-19-16)12-4-2-1-3-5-12/h1-11H. The van der Waals surface area contributed by atoms with Gasteiger partial charge in [0.2, 0.25) is 0 Å². The van der Waals surface area contributed by atoms with Gasteiger partial charge in [-0.25, -0.2) is 9.97 Å². The Morgan fingerprint density at radius 2 is 1.26 bits per heavy atom. The Labute approximate surface area is 116 Å². The summed E-state index contributed by atoms with van der Waals surface area (Å²) in [5.74, 6) is 0. The van der Waals surface area contributed by atoms with E-state index in [9.17, 15) is 0 Å². The topological polar surface area (TPSA) is 25.8 Å². The third kappa shape index (κ3) is 2.64. The number of halogens is 1. The number of benzene rings is 2. The molecule has 0 bridgehead atoms. The minimum atomic E-state index is 0.723. The highest BCUT2D eigenvalue weighted by Crippen LogP contribution is 2.23. The van der Waals surface area contributed by atoms with Crippen LogP contribution in [0.3, 0.4) is 0 Å². The summed E-state index contributed by atoms with van der Waals surface area (Å²) in [7, 11) is 0. The van der Waals surface area contributed by atoms with Gasteiger partial charge in [0, 0.05) is 16.1 Å². The third-order valence-corrected chi connectivity index (χ3v) is 3.13. The maximum Gasteiger partial charge on any atom is 0.116 e. The van der Waals surface area contributed by atoms with Gasteiger partial charge in [-0.2, -0.15) is 0 Å².